The van der Waals surface area contributed by atoms with Crippen LogP contribution in [-0.4, -0.2) is 74.7 Å². The van der Waals surface area contributed by atoms with Crippen molar-refractivity contribution in [2.75, 3.05) is 63.9 Å². The molecule has 6 heteroatoms. The summed E-state index contributed by atoms with van der Waals surface area (Å²) in [5, 5.41) is 6.86. The van der Waals surface area contributed by atoms with E-state index in [0.717, 1.165) is 63.0 Å². The number of anilines is 1. The van der Waals surface area contributed by atoms with Crippen molar-refractivity contribution >= 4 is 11.6 Å². The molecule has 3 aliphatic heterocycles. The van der Waals surface area contributed by atoms with Crippen molar-refractivity contribution in [3.8, 4) is 0 Å². The first-order valence-electron chi connectivity index (χ1n) is 13.7. The van der Waals surface area contributed by atoms with Gasteiger partial charge in [-0.05, 0) is 74.0 Å². The summed E-state index contributed by atoms with van der Waals surface area (Å²) in [4.78, 5) is 20.4. The van der Waals surface area contributed by atoms with E-state index in [1.54, 1.807) is 0 Å². The van der Waals surface area contributed by atoms with Crippen molar-refractivity contribution in [1.29, 1.82) is 0 Å². The van der Waals surface area contributed by atoms with Crippen LogP contribution in [0.3, 0.4) is 0 Å². The number of carbonyl (C=O) groups excluding carboxylic acids is 1. The highest BCUT2D eigenvalue weighted by atomic mass is 16.2. The number of aryl methyl sites for hydroxylation is 1. The minimum Gasteiger partial charge on any atom is -0.339 e. The number of benzene rings is 1. The zero-order valence-corrected chi connectivity index (χ0v) is 21.0. The molecule has 0 atom stereocenters. The van der Waals surface area contributed by atoms with Crippen LogP contribution in [-0.2, 0) is 6.42 Å². The topological polar surface area (TPSA) is 50.9 Å². The van der Waals surface area contributed by atoms with Gasteiger partial charge in [-0.3, -0.25) is 10.1 Å². The van der Waals surface area contributed by atoms with E-state index in [-0.39, 0.29) is 5.91 Å². The van der Waals surface area contributed by atoms with Crippen LogP contribution < -0.4 is 15.5 Å². The van der Waals surface area contributed by atoms with Gasteiger partial charge in [-0.2, -0.15) is 0 Å². The number of nitrogens with zero attached hydrogens (tertiary/aromatic N) is 3. The quantitative estimate of drug-likeness (QED) is 0.698. The Morgan fingerprint density at radius 1 is 1.03 bits per heavy atom. The van der Waals surface area contributed by atoms with Gasteiger partial charge in [0.2, 0.25) is 0 Å². The Labute approximate surface area is 205 Å². The highest BCUT2D eigenvalue weighted by Crippen LogP contribution is 2.46. The van der Waals surface area contributed by atoms with E-state index in [2.05, 4.69) is 56.7 Å². The van der Waals surface area contributed by atoms with Gasteiger partial charge in [-0.15, -0.1) is 0 Å². The maximum atomic E-state index is 13.4. The van der Waals surface area contributed by atoms with Gasteiger partial charge in [0.25, 0.3) is 5.91 Å². The summed E-state index contributed by atoms with van der Waals surface area (Å²) in [5.41, 5.74) is 3.77. The first kappa shape index (κ1) is 23.8. The molecule has 0 aromatic heterocycles. The molecule has 1 amide bonds. The smallest absolute Gasteiger partial charge is 0.253 e. The van der Waals surface area contributed by atoms with Crippen molar-refractivity contribution in [3.63, 3.8) is 0 Å². The van der Waals surface area contributed by atoms with Gasteiger partial charge in [0.05, 0.1) is 6.67 Å². The van der Waals surface area contributed by atoms with Gasteiger partial charge >= 0.3 is 0 Å². The van der Waals surface area contributed by atoms with E-state index in [1.807, 2.05) is 6.07 Å². The number of carbonyl (C=O) groups is 1. The Morgan fingerprint density at radius 2 is 1.79 bits per heavy atom. The van der Waals surface area contributed by atoms with E-state index in [0.29, 0.717) is 5.41 Å². The second-order valence-corrected chi connectivity index (χ2v) is 11.0. The lowest BCUT2D eigenvalue weighted by Crippen LogP contribution is -2.47. The van der Waals surface area contributed by atoms with Crippen LogP contribution in [0.5, 0.6) is 0 Å². The number of rotatable bonds is 5. The van der Waals surface area contributed by atoms with Gasteiger partial charge < -0.3 is 20.0 Å². The fourth-order valence-corrected chi connectivity index (χ4v) is 6.53. The highest BCUT2D eigenvalue weighted by Gasteiger charge is 2.39. The molecule has 3 fully saturated rings. The first-order valence-corrected chi connectivity index (χ1v) is 13.7. The van der Waals surface area contributed by atoms with E-state index in [4.69, 9.17) is 0 Å². The number of amides is 1. The predicted octanol–water partition coefficient (Wildman–Crippen LogP) is 3.45. The van der Waals surface area contributed by atoms with E-state index in [1.165, 1.54) is 63.7 Å². The molecule has 34 heavy (non-hydrogen) atoms. The molecule has 1 aromatic rings. The van der Waals surface area contributed by atoms with E-state index < -0.39 is 0 Å². The molecule has 0 unspecified atom stereocenters. The third-order valence-electron chi connectivity index (χ3n) is 8.86. The summed E-state index contributed by atoms with van der Waals surface area (Å²) in [7, 11) is 0. The summed E-state index contributed by atoms with van der Waals surface area (Å²) in [6, 6.07) is 6.30. The van der Waals surface area contributed by atoms with Gasteiger partial charge in [0.15, 0.2) is 0 Å². The maximum absolute atomic E-state index is 13.4. The molecule has 2 N–H and O–H groups in total. The highest BCUT2D eigenvalue weighted by molar-refractivity contribution is 5.95. The lowest BCUT2D eigenvalue weighted by Gasteiger charge is -2.46. The average molecular weight is 466 g/mol. The Balaban J connectivity index is 1.16. The fourth-order valence-electron chi connectivity index (χ4n) is 6.53. The lowest BCUT2D eigenvalue weighted by atomic mass is 9.65. The largest absolute Gasteiger partial charge is 0.339 e. The fraction of sp³-hybridized carbons (Fsp3) is 0.679. The van der Waals surface area contributed by atoms with Gasteiger partial charge in [0, 0.05) is 69.8 Å². The number of piperazine rings is 1. The number of hydrogen-bond acceptors (Lipinski definition) is 5. The van der Waals surface area contributed by atoms with Crippen LogP contribution >= 0.6 is 0 Å². The zero-order chi connectivity index (χ0) is 23.4. The van der Waals surface area contributed by atoms with Crippen LogP contribution in [0.4, 0.5) is 5.69 Å². The first-order chi connectivity index (χ1) is 16.7. The predicted molar refractivity (Wildman–Crippen MR) is 139 cm³/mol. The monoisotopic (exact) mass is 465 g/mol. The molecular weight excluding hydrogens is 422 g/mol. The number of nitrogens with one attached hydrogen (secondary N) is 2. The molecular formula is C28H43N5O. The van der Waals surface area contributed by atoms with Crippen LogP contribution in [0, 0.1) is 11.3 Å². The van der Waals surface area contributed by atoms with Crippen LogP contribution in [0.2, 0.25) is 0 Å². The Kier molecular flexibility index (Phi) is 7.57. The molecule has 0 radical (unpaired) electrons. The van der Waals surface area contributed by atoms with Crippen molar-refractivity contribution in [2.45, 2.75) is 51.9 Å². The molecule has 1 saturated carbocycles. The minimum atomic E-state index is 0.208. The van der Waals surface area contributed by atoms with Crippen LogP contribution in [0.15, 0.2) is 30.5 Å². The second kappa shape index (κ2) is 10.8. The summed E-state index contributed by atoms with van der Waals surface area (Å²) >= 11 is 0. The summed E-state index contributed by atoms with van der Waals surface area (Å²) in [6.07, 6.45) is 13.1. The number of likely N-dealkylation sites (tertiary alicyclic amines) is 1. The lowest BCUT2D eigenvalue weighted by molar-refractivity contribution is 0.0357. The Hall–Kier alpha value is -1.89. The van der Waals surface area contributed by atoms with Crippen LogP contribution in [0.25, 0.3) is 0 Å². The molecule has 0 bridgehead atoms. The van der Waals surface area contributed by atoms with Gasteiger partial charge in [-0.25, -0.2) is 0 Å². The van der Waals surface area contributed by atoms with Gasteiger partial charge in [0.1, 0.15) is 0 Å². The molecule has 3 heterocycles. The summed E-state index contributed by atoms with van der Waals surface area (Å²) in [6.45, 7) is 11.7. The molecule has 1 aliphatic carbocycles. The zero-order valence-electron chi connectivity index (χ0n) is 21.0. The minimum absolute atomic E-state index is 0.208. The van der Waals surface area contributed by atoms with Crippen molar-refractivity contribution in [2.24, 2.45) is 11.3 Å². The molecule has 186 valence electrons. The van der Waals surface area contributed by atoms with Crippen LogP contribution in [0.1, 0.15) is 61.4 Å². The average Bonchev–Trinajstić information content (AvgIpc) is 2.91. The van der Waals surface area contributed by atoms with Crippen molar-refractivity contribution in [3.05, 3.63) is 41.6 Å². The molecule has 5 rings (SSSR count). The molecule has 1 aromatic carbocycles. The Bertz CT molecular complexity index is 860. The SMILES string of the molecule is CCc1ccc(C(=O)N2CCC3(CCC(CN4CCNCC4)CC3)CC2)cc1N1C=CCNC1. The standard InChI is InChI=1S/C28H43N5O/c1-2-24-4-5-25(20-26(24)33-15-3-12-30-22-33)27(34)32-16-10-28(11-17-32)8-6-23(7-9-28)21-31-18-13-29-14-19-31/h3-5,15,20,23,29-30H,2,6-14,16-19,21-22H2,1H3. The molecule has 1 spiro atoms. The van der Waals surface area contributed by atoms with Crippen molar-refractivity contribution in [1.82, 2.24) is 20.4 Å². The normalized spacial score (nSPS) is 24.0. The Morgan fingerprint density at radius 3 is 2.47 bits per heavy atom. The second-order valence-electron chi connectivity index (χ2n) is 11.0. The van der Waals surface area contributed by atoms with E-state index in [9.17, 15) is 4.79 Å². The van der Waals surface area contributed by atoms with E-state index >= 15 is 0 Å². The third-order valence-corrected chi connectivity index (χ3v) is 8.86. The number of hydrogen-bond donors (Lipinski definition) is 2. The summed E-state index contributed by atoms with van der Waals surface area (Å²) in [5.74, 6) is 1.08. The van der Waals surface area contributed by atoms with Crippen molar-refractivity contribution < 1.29 is 4.79 Å². The third kappa shape index (κ3) is 5.34. The van der Waals surface area contributed by atoms with Gasteiger partial charge in [-0.1, -0.05) is 19.1 Å². The maximum Gasteiger partial charge on any atom is 0.253 e. The molecule has 2 saturated heterocycles. The molecule has 6 nitrogen and oxygen atoms in total. The summed E-state index contributed by atoms with van der Waals surface area (Å²) < 4.78 is 0. The molecule has 4 aliphatic rings. The number of piperidine rings is 1.